The minimum atomic E-state index is -0.0409. The Balaban J connectivity index is 1.98. The molecule has 5 N–H and O–H groups in total. The zero-order chi connectivity index (χ0) is 17.4. The van der Waals surface area contributed by atoms with E-state index in [0.717, 1.165) is 16.8 Å². The highest BCUT2D eigenvalue weighted by Crippen LogP contribution is 2.25. The van der Waals surface area contributed by atoms with E-state index >= 15 is 0 Å². The maximum atomic E-state index is 7.81. The lowest BCUT2D eigenvalue weighted by molar-refractivity contribution is 0.972. The molecule has 4 aromatic rings. The molecule has 2 aromatic carbocycles. The Bertz CT molecular complexity index is 1060. The van der Waals surface area contributed by atoms with E-state index in [2.05, 4.69) is 10.1 Å². The van der Waals surface area contributed by atoms with Gasteiger partial charge in [-0.15, -0.1) is 5.10 Å². The SMILES string of the molecule is N=C(N)c1ccc(-c2ccccc2)n2nc(-c3ccc(N)cc3)nc12. The summed E-state index contributed by atoms with van der Waals surface area (Å²) in [4.78, 5) is 4.61. The number of amidine groups is 1. The van der Waals surface area contributed by atoms with E-state index < -0.39 is 0 Å². The van der Waals surface area contributed by atoms with Gasteiger partial charge in [-0.05, 0) is 36.4 Å². The van der Waals surface area contributed by atoms with Gasteiger partial charge in [-0.2, -0.15) is 0 Å². The number of nitrogens with two attached hydrogens (primary N) is 2. The molecule has 0 bridgehead atoms. The van der Waals surface area contributed by atoms with Crippen molar-refractivity contribution in [3.8, 4) is 22.6 Å². The summed E-state index contributed by atoms with van der Waals surface area (Å²) >= 11 is 0. The largest absolute Gasteiger partial charge is 0.399 e. The van der Waals surface area contributed by atoms with E-state index in [1.165, 1.54) is 0 Å². The molecule has 0 atom stereocenters. The molecule has 0 spiro atoms. The number of nitrogens with one attached hydrogen (secondary N) is 1. The van der Waals surface area contributed by atoms with E-state index in [1.54, 1.807) is 10.6 Å². The van der Waals surface area contributed by atoms with Crippen molar-refractivity contribution in [2.24, 2.45) is 5.73 Å². The van der Waals surface area contributed by atoms with Crippen LogP contribution in [-0.2, 0) is 0 Å². The van der Waals surface area contributed by atoms with Gasteiger partial charge in [0.1, 0.15) is 5.84 Å². The average Bonchev–Trinajstić information content (AvgIpc) is 3.07. The van der Waals surface area contributed by atoms with Gasteiger partial charge in [-0.1, -0.05) is 30.3 Å². The van der Waals surface area contributed by atoms with E-state index in [4.69, 9.17) is 16.9 Å². The van der Waals surface area contributed by atoms with Gasteiger partial charge in [0, 0.05) is 16.8 Å². The second-order valence-electron chi connectivity index (χ2n) is 5.70. The number of anilines is 1. The Morgan fingerprint density at radius 3 is 2.28 bits per heavy atom. The fourth-order valence-electron chi connectivity index (χ4n) is 2.75. The van der Waals surface area contributed by atoms with Crippen molar-refractivity contribution in [1.29, 1.82) is 5.41 Å². The van der Waals surface area contributed by atoms with Crippen LogP contribution in [0.3, 0.4) is 0 Å². The number of pyridine rings is 1. The van der Waals surface area contributed by atoms with E-state index in [-0.39, 0.29) is 5.84 Å². The average molecular weight is 328 g/mol. The summed E-state index contributed by atoms with van der Waals surface area (Å²) in [6.45, 7) is 0. The van der Waals surface area contributed by atoms with Crippen molar-refractivity contribution in [2.75, 3.05) is 5.73 Å². The molecule has 6 nitrogen and oxygen atoms in total. The molecule has 0 aliphatic carbocycles. The Morgan fingerprint density at radius 2 is 1.60 bits per heavy atom. The van der Waals surface area contributed by atoms with Crippen LogP contribution in [0.5, 0.6) is 0 Å². The first-order chi connectivity index (χ1) is 12.1. The minimum Gasteiger partial charge on any atom is -0.399 e. The molecule has 6 heteroatoms. The maximum absolute atomic E-state index is 7.81. The predicted octanol–water partition coefficient (Wildman–Crippen LogP) is 2.93. The first kappa shape index (κ1) is 14.9. The summed E-state index contributed by atoms with van der Waals surface area (Å²) in [6, 6.07) is 21.0. The number of aromatic nitrogens is 3. The smallest absolute Gasteiger partial charge is 0.182 e. The number of nitrogens with zero attached hydrogens (tertiary/aromatic N) is 3. The molecule has 0 aliphatic rings. The lowest BCUT2D eigenvalue weighted by Gasteiger charge is -2.07. The summed E-state index contributed by atoms with van der Waals surface area (Å²) < 4.78 is 1.73. The fraction of sp³-hybridized carbons (Fsp3) is 0. The van der Waals surface area contributed by atoms with Crippen molar-refractivity contribution in [3.63, 3.8) is 0 Å². The number of nitrogen functional groups attached to an aromatic ring is 2. The van der Waals surface area contributed by atoms with Gasteiger partial charge in [-0.3, -0.25) is 5.41 Å². The van der Waals surface area contributed by atoms with E-state index in [1.807, 2.05) is 60.7 Å². The lowest BCUT2D eigenvalue weighted by Crippen LogP contribution is -2.13. The highest BCUT2D eigenvalue weighted by Gasteiger charge is 2.15. The van der Waals surface area contributed by atoms with Crippen LogP contribution >= 0.6 is 0 Å². The molecule has 0 radical (unpaired) electrons. The second kappa shape index (κ2) is 5.76. The van der Waals surface area contributed by atoms with Gasteiger partial charge >= 0.3 is 0 Å². The van der Waals surface area contributed by atoms with Gasteiger partial charge in [0.25, 0.3) is 0 Å². The third kappa shape index (κ3) is 2.59. The minimum absolute atomic E-state index is 0.0409. The molecule has 4 rings (SSSR count). The third-order valence-electron chi connectivity index (χ3n) is 4.01. The first-order valence-corrected chi connectivity index (χ1v) is 7.79. The van der Waals surface area contributed by atoms with Crippen molar-refractivity contribution in [2.45, 2.75) is 0 Å². The second-order valence-corrected chi connectivity index (χ2v) is 5.70. The zero-order valence-electron chi connectivity index (χ0n) is 13.3. The van der Waals surface area contributed by atoms with Crippen LogP contribution in [0.4, 0.5) is 5.69 Å². The number of fused-ring (bicyclic) bond motifs is 1. The molecule has 0 amide bonds. The van der Waals surface area contributed by atoms with Crippen molar-refractivity contribution in [3.05, 3.63) is 72.3 Å². The van der Waals surface area contributed by atoms with Crippen molar-refractivity contribution in [1.82, 2.24) is 14.6 Å². The molecule has 2 heterocycles. The molecular formula is C19H16N6. The Kier molecular flexibility index (Phi) is 3.43. The monoisotopic (exact) mass is 328 g/mol. The van der Waals surface area contributed by atoms with Gasteiger partial charge in [0.15, 0.2) is 11.5 Å². The highest BCUT2D eigenvalue weighted by molar-refractivity contribution is 6.01. The molecular weight excluding hydrogens is 312 g/mol. The van der Waals surface area contributed by atoms with Crippen LogP contribution in [0.15, 0.2) is 66.7 Å². The molecule has 0 aliphatic heterocycles. The standard InChI is InChI=1S/C19H16N6/c20-14-8-6-13(7-9-14)18-23-19-15(17(21)22)10-11-16(25(19)24-18)12-4-2-1-3-5-12/h1-11H,20H2,(H3,21,22). The van der Waals surface area contributed by atoms with Gasteiger partial charge < -0.3 is 11.5 Å². The molecule has 122 valence electrons. The van der Waals surface area contributed by atoms with Gasteiger partial charge in [0.2, 0.25) is 0 Å². The van der Waals surface area contributed by atoms with Crippen molar-refractivity contribution < 1.29 is 0 Å². The van der Waals surface area contributed by atoms with Crippen LogP contribution in [0, 0.1) is 5.41 Å². The Hall–Kier alpha value is -3.67. The Labute approximate surface area is 144 Å². The number of benzene rings is 2. The van der Waals surface area contributed by atoms with Gasteiger partial charge in [0.05, 0.1) is 11.3 Å². The normalized spacial score (nSPS) is 10.9. The summed E-state index contributed by atoms with van der Waals surface area (Å²) in [5, 5.41) is 12.5. The van der Waals surface area contributed by atoms with E-state index in [9.17, 15) is 0 Å². The number of rotatable bonds is 3. The van der Waals surface area contributed by atoms with Crippen LogP contribution in [0.1, 0.15) is 5.56 Å². The molecule has 2 aromatic heterocycles. The first-order valence-electron chi connectivity index (χ1n) is 7.79. The topological polar surface area (TPSA) is 106 Å². The summed E-state index contributed by atoms with van der Waals surface area (Å²) in [5.41, 5.74) is 16.0. The predicted molar refractivity (Wildman–Crippen MR) is 99.3 cm³/mol. The highest BCUT2D eigenvalue weighted by atomic mass is 15.3. The number of hydrogen-bond donors (Lipinski definition) is 3. The fourth-order valence-corrected chi connectivity index (χ4v) is 2.75. The van der Waals surface area contributed by atoms with E-state index in [0.29, 0.717) is 22.7 Å². The van der Waals surface area contributed by atoms with Crippen LogP contribution in [0.25, 0.3) is 28.3 Å². The van der Waals surface area contributed by atoms with Gasteiger partial charge in [-0.25, -0.2) is 9.50 Å². The maximum Gasteiger partial charge on any atom is 0.182 e. The summed E-state index contributed by atoms with van der Waals surface area (Å²) in [6.07, 6.45) is 0. The summed E-state index contributed by atoms with van der Waals surface area (Å²) in [7, 11) is 0. The molecule has 0 saturated heterocycles. The lowest BCUT2D eigenvalue weighted by atomic mass is 10.1. The third-order valence-corrected chi connectivity index (χ3v) is 4.01. The number of hydrogen-bond acceptors (Lipinski definition) is 4. The molecule has 0 saturated carbocycles. The van der Waals surface area contributed by atoms with Crippen LogP contribution in [0.2, 0.25) is 0 Å². The zero-order valence-corrected chi connectivity index (χ0v) is 13.3. The quantitative estimate of drug-likeness (QED) is 0.305. The molecule has 25 heavy (non-hydrogen) atoms. The Morgan fingerprint density at radius 1 is 0.880 bits per heavy atom. The van der Waals surface area contributed by atoms with Crippen LogP contribution in [-0.4, -0.2) is 20.4 Å². The summed E-state index contributed by atoms with van der Waals surface area (Å²) in [5.74, 6) is 0.520. The van der Waals surface area contributed by atoms with Crippen molar-refractivity contribution >= 4 is 17.2 Å². The molecule has 0 fully saturated rings. The van der Waals surface area contributed by atoms with Crippen LogP contribution < -0.4 is 11.5 Å². The molecule has 0 unspecified atom stereocenters.